The Balaban J connectivity index is 2.21. The third-order valence-corrected chi connectivity index (χ3v) is 2.95. The topological polar surface area (TPSA) is 37.8 Å². The van der Waals surface area contributed by atoms with Gasteiger partial charge in [0.05, 0.1) is 5.69 Å². The molecule has 3 rings (SSSR count). The lowest BCUT2D eigenvalue weighted by atomic mass is 10.1. The first-order chi connectivity index (χ1) is 8.24. The van der Waals surface area contributed by atoms with Gasteiger partial charge in [-0.05, 0) is 16.8 Å². The third-order valence-electron chi connectivity index (χ3n) is 2.95. The fourth-order valence-corrected chi connectivity index (χ4v) is 1.99. The molecule has 17 heavy (non-hydrogen) atoms. The van der Waals surface area contributed by atoms with E-state index in [1.54, 1.807) is 13.1 Å². The second kappa shape index (κ2) is 3.63. The van der Waals surface area contributed by atoms with E-state index in [1.807, 2.05) is 18.2 Å². The van der Waals surface area contributed by atoms with Crippen molar-refractivity contribution in [3.63, 3.8) is 0 Å². The van der Waals surface area contributed by atoms with Crippen molar-refractivity contribution in [3.05, 3.63) is 58.9 Å². The number of nitrogens with zero attached hydrogens (tertiary/aromatic N) is 1. The van der Waals surface area contributed by atoms with Crippen molar-refractivity contribution in [2.24, 2.45) is 7.05 Å². The first-order valence-corrected chi connectivity index (χ1v) is 5.49. The van der Waals surface area contributed by atoms with Gasteiger partial charge in [-0.2, -0.15) is 0 Å². The summed E-state index contributed by atoms with van der Waals surface area (Å²) in [6.45, 7) is 0. The number of benzene rings is 2. The van der Waals surface area contributed by atoms with Gasteiger partial charge in [-0.15, -0.1) is 0 Å². The van der Waals surface area contributed by atoms with Gasteiger partial charge < -0.3 is 0 Å². The Bertz CT molecular complexity index is 737. The number of hydrogen-bond donors (Lipinski definition) is 1. The van der Waals surface area contributed by atoms with Crippen LogP contribution in [0, 0.1) is 0 Å². The van der Waals surface area contributed by atoms with E-state index in [-0.39, 0.29) is 5.56 Å². The van der Waals surface area contributed by atoms with Gasteiger partial charge in [-0.3, -0.25) is 14.6 Å². The standard InChI is InChI=1S/C14H12N2O/c1-16-14(17)9-13(15-16)12-7-6-10-4-2-3-5-11(10)8-12/h2-9,15H,1H3. The third kappa shape index (κ3) is 1.65. The van der Waals surface area contributed by atoms with Gasteiger partial charge in [-0.1, -0.05) is 36.4 Å². The number of nitrogens with one attached hydrogen (secondary N) is 1. The maximum atomic E-state index is 11.4. The molecule has 3 nitrogen and oxygen atoms in total. The Morgan fingerprint density at radius 3 is 2.47 bits per heavy atom. The van der Waals surface area contributed by atoms with E-state index in [9.17, 15) is 4.79 Å². The molecule has 0 fully saturated rings. The molecule has 2 aromatic carbocycles. The Hall–Kier alpha value is -2.29. The van der Waals surface area contributed by atoms with E-state index in [0.717, 1.165) is 11.3 Å². The molecule has 0 atom stereocenters. The van der Waals surface area contributed by atoms with Gasteiger partial charge in [0.25, 0.3) is 5.56 Å². The molecular weight excluding hydrogens is 212 g/mol. The number of hydrogen-bond acceptors (Lipinski definition) is 1. The van der Waals surface area contributed by atoms with Gasteiger partial charge in [0.2, 0.25) is 0 Å². The number of aromatic nitrogens is 2. The molecule has 3 heteroatoms. The lowest BCUT2D eigenvalue weighted by molar-refractivity contribution is 0.742. The van der Waals surface area contributed by atoms with Crippen LogP contribution in [-0.2, 0) is 7.05 Å². The van der Waals surface area contributed by atoms with Gasteiger partial charge in [-0.25, -0.2) is 0 Å². The molecule has 0 bridgehead atoms. The van der Waals surface area contributed by atoms with Crippen LogP contribution in [0.3, 0.4) is 0 Å². The highest BCUT2D eigenvalue weighted by Crippen LogP contribution is 2.21. The van der Waals surface area contributed by atoms with Crippen molar-refractivity contribution >= 4 is 10.8 Å². The Morgan fingerprint density at radius 1 is 1.00 bits per heavy atom. The molecular formula is C14H12N2O. The second-order valence-corrected chi connectivity index (χ2v) is 4.13. The van der Waals surface area contributed by atoms with E-state index in [0.29, 0.717) is 0 Å². The fourth-order valence-electron chi connectivity index (χ4n) is 1.99. The van der Waals surface area contributed by atoms with Crippen LogP contribution < -0.4 is 5.56 Å². The summed E-state index contributed by atoms with van der Waals surface area (Å²) in [6.07, 6.45) is 0. The summed E-state index contributed by atoms with van der Waals surface area (Å²) in [7, 11) is 1.72. The highest BCUT2D eigenvalue weighted by Gasteiger charge is 2.03. The molecule has 84 valence electrons. The maximum absolute atomic E-state index is 11.4. The molecule has 0 saturated carbocycles. The number of H-pyrrole nitrogens is 1. The zero-order valence-corrected chi connectivity index (χ0v) is 9.47. The first-order valence-electron chi connectivity index (χ1n) is 5.49. The number of aryl methyl sites for hydroxylation is 1. The summed E-state index contributed by atoms with van der Waals surface area (Å²) < 4.78 is 1.48. The zero-order chi connectivity index (χ0) is 11.8. The predicted octanol–water partition coefficient (Wildman–Crippen LogP) is 2.53. The second-order valence-electron chi connectivity index (χ2n) is 4.13. The fraction of sp³-hybridized carbons (Fsp3) is 0.0714. The van der Waals surface area contributed by atoms with Crippen molar-refractivity contribution in [1.82, 2.24) is 9.78 Å². The minimum atomic E-state index is -0.0202. The van der Waals surface area contributed by atoms with Crippen molar-refractivity contribution in [2.75, 3.05) is 0 Å². The summed E-state index contributed by atoms with van der Waals surface area (Å²) in [5.74, 6) is 0. The summed E-state index contributed by atoms with van der Waals surface area (Å²) in [5.41, 5.74) is 1.86. The van der Waals surface area contributed by atoms with Crippen molar-refractivity contribution in [1.29, 1.82) is 0 Å². The molecule has 1 heterocycles. The van der Waals surface area contributed by atoms with E-state index in [1.165, 1.54) is 15.5 Å². The van der Waals surface area contributed by atoms with E-state index in [4.69, 9.17) is 0 Å². The molecule has 0 aliphatic carbocycles. The molecule has 0 aliphatic rings. The van der Waals surface area contributed by atoms with Crippen LogP contribution in [0.4, 0.5) is 0 Å². The van der Waals surface area contributed by atoms with Gasteiger partial charge >= 0.3 is 0 Å². The molecule has 1 aromatic heterocycles. The van der Waals surface area contributed by atoms with E-state index in [2.05, 4.69) is 29.4 Å². The van der Waals surface area contributed by atoms with E-state index >= 15 is 0 Å². The first kappa shape index (κ1) is 9.90. The smallest absolute Gasteiger partial charge is 0.266 e. The van der Waals surface area contributed by atoms with Crippen LogP contribution in [0.1, 0.15) is 0 Å². The Morgan fingerprint density at radius 2 is 1.76 bits per heavy atom. The van der Waals surface area contributed by atoms with Crippen LogP contribution in [0.25, 0.3) is 22.0 Å². The highest BCUT2D eigenvalue weighted by molar-refractivity contribution is 5.86. The summed E-state index contributed by atoms with van der Waals surface area (Å²) in [6, 6.07) is 16.0. The molecule has 0 aliphatic heterocycles. The SMILES string of the molecule is Cn1[nH]c(-c2ccc3ccccc3c2)cc1=O. The minimum absolute atomic E-state index is 0.0202. The van der Waals surface area contributed by atoms with E-state index < -0.39 is 0 Å². The molecule has 3 aromatic rings. The normalized spacial score (nSPS) is 10.9. The largest absolute Gasteiger partial charge is 0.295 e. The Kier molecular flexibility index (Phi) is 2.11. The summed E-state index contributed by atoms with van der Waals surface area (Å²) in [5, 5.41) is 5.41. The maximum Gasteiger partial charge on any atom is 0.266 e. The molecule has 0 saturated heterocycles. The highest BCUT2D eigenvalue weighted by atomic mass is 16.1. The molecule has 0 amide bonds. The van der Waals surface area contributed by atoms with Gasteiger partial charge in [0, 0.05) is 18.7 Å². The summed E-state index contributed by atoms with van der Waals surface area (Å²) >= 11 is 0. The van der Waals surface area contributed by atoms with Crippen LogP contribution in [-0.4, -0.2) is 9.78 Å². The Labute approximate surface area is 98.3 Å². The lowest BCUT2D eigenvalue weighted by Crippen LogP contribution is -2.09. The number of aromatic amines is 1. The van der Waals surface area contributed by atoms with Crippen LogP contribution in [0.15, 0.2) is 53.3 Å². The number of rotatable bonds is 1. The number of fused-ring (bicyclic) bond motifs is 1. The quantitative estimate of drug-likeness (QED) is 0.677. The van der Waals surface area contributed by atoms with Crippen molar-refractivity contribution < 1.29 is 0 Å². The van der Waals surface area contributed by atoms with Crippen molar-refractivity contribution in [2.45, 2.75) is 0 Å². The monoisotopic (exact) mass is 224 g/mol. The van der Waals surface area contributed by atoms with Gasteiger partial charge in [0.1, 0.15) is 0 Å². The molecule has 1 N–H and O–H groups in total. The molecule has 0 unspecified atom stereocenters. The summed E-state index contributed by atoms with van der Waals surface area (Å²) in [4.78, 5) is 11.4. The predicted molar refractivity (Wildman–Crippen MR) is 69.0 cm³/mol. The van der Waals surface area contributed by atoms with Crippen molar-refractivity contribution in [3.8, 4) is 11.3 Å². The van der Waals surface area contributed by atoms with Crippen LogP contribution in [0.2, 0.25) is 0 Å². The average molecular weight is 224 g/mol. The molecule has 0 radical (unpaired) electrons. The van der Waals surface area contributed by atoms with Crippen LogP contribution in [0.5, 0.6) is 0 Å². The molecule has 0 spiro atoms. The lowest BCUT2D eigenvalue weighted by Gasteiger charge is -2.01. The zero-order valence-electron chi connectivity index (χ0n) is 9.47. The van der Waals surface area contributed by atoms with Gasteiger partial charge in [0.15, 0.2) is 0 Å². The minimum Gasteiger partial charge on any atom is -0.295 e. The van der Waals surface area contributed by atoms with Crippen LogP contribution >= 0.6 is 0 Å². The average Bonchev–Trinajstić information content (AvgIpc) is 2.69.